The molecule has 0 saturated carbocycles. The maximum absolute atomic E-state index is 11.2. The lowest BCUT2D eigenvalue weighted by Crippen LogP contribution is -2.44. The van der Waals surface area contributed by atoms with Crippen molar-refractivity contribution in [3.63, 3.8) is 0 Å². The van der Waals surface area contributed by atoms with Crippen LogP contribution in [0, 0.1) is 11.8 Å². The van der Waals surface area contributed by atoms with Gasteiger partial charge >= 0.3 is 0 Å². The molecule has 2 unspecified atom stereocenters. The summed E-state index contributed by atoms with van der Waals surface area (Å²) in [5, 5.41) is 0. The van der Waals surface area contributed by atoms with Crippen LogP contribution in [0.4, 0.5) is 0 Å². The first-order chi connectivity index (χ1) is 6.02. The van der Waals surface area contributed by atoms with Gasteiger partial charge in [0.25, 0.3) is 0 Å². The van der Waals surface area contributed by atoms with Crippen molar-refractivity contribution >= 4 is 5.91 Å². The van der Waals surface area contributed by atoms with E-state index in [2.05, 4.69) is 20.8 Å². The van der Waals surface area contributed by atoms with Gasteiger partial charge in [-0.05, 0) is 31.6 Å². The van der Waals surface area contributed by atoms with E-state index in [4.69, 9.17) is 0 Å². The third-order valence-electron chi connectivity index (χ3n) is 3.26. The molecule has 76 valence electrons. The van der Waals surface area contributed by atoms with Gasteiger partial charge in [-0.25, -0.2) is 0 Å². The lowest BCUT2D eigenvalue weighted by Gasteiger charge is -2.38. The van der Waals surface area contributed by atoms with Crippen LogP contribution in [-0.2, 0) is 4.79 Å². The van der Waals surface area contributed by atoms with Gasteiger partial charge < -0.3 is 4.90 Å². The van der Waals surface area contributed by atoms with E-state index >= 15 is 0 Å². The third-order valence-corrected chi connectivity index (χ3v) is 3.26. The fourth-order valence-corrected chi connectivity index (χ4v) is 2.28. The number of piperidine rings is 1. The molecule has 2 heteroatoms. The molecule has 0 spiro atoms. The number of likely N-dealkylation sites (tertiary alicyclic amines) is 1. The zero-order valence-corrected chi connectivity index (χ0v) is 9.21. The van der Waals surface area contributed by atoms with E-state index in [-0.39, 0.29) is 5.91 Å². The van der Waals surface area contributed by atoms with Crippen molar-refractivity contribution in [2.24, 2.45) is 11.8 Å². The largest absolute Gasteiger partial charge is 0.340 e. The molecular weight excluding hydrogens is 162 g/mol. The molecule has 13 heavy (non-hydrogen) atoms. The normalized spacial score (nSPS) is 29.5. The van der Waals surface area contributed by atoms with Crippen molar-refractivity contribution < 1.29 is 4.79 Å². The topological polar surface area (TPSA) is 20.3 Å². The van der Waals surface area contributed by atoms with Crippen LogP contribution in [0.2, 0.25) is 0 Å². The molecule has 0 aromatic rings. The molecule has 1 heterocycles. The number of hydrogen-bond donors (Lipinski definition) is 0. The smallest absolute Gasteiger partial charge is 0.219 e. The number of nitrogens with zero attached hydrogens (tertiary/aromatic N) is 1. The lowest BCUT2D eigenvalue weighted by atomic mass is 9.83. The number of hydrogen-bond acceptors (Lipinski definition) is 1. The SMILES string of the molecule is CC(=O)N1CCC(C(C)C)CC1C. The molecule has 0 aliphatic carbocycles. The minimum atomic E-state index is 0.231. The lowest BCUT2D eigenvalue weighted by molar-refractivity contribution is -0.133. The van der Waals surface area contributed by atoms with E-state index in [1.807, 2.05) is 4.90 Å². The Morgan fingerprint density at radius 3 is 2.46 bits per heavy atom. The molecule has 0 N–H and O–H groups in total. The van der Waals surface area contributed by atoms with Gasteiger partial charge in [0.15, 0.2) is 0 Å². The molecule has 1 aliphatic heterocycles. The van der Waals surface area contributed by atoms with Gasteiger partial charge in [0.05, 0.1) is 0 Å². The molecule has 1 saturated heterocycles. The minimum Gasteiger partial charge on any atom is -0.340 e. The van der Waals surface area contributed by atoms with Crippen LogP contribution in [0.15, 0.2) is 0 Å². The fraction of sp³-hybridized carbons (Fsp3) is 0.909. The highest BCUT2D eigenvalue weighted by Gasteiger charge is 2.28. The Bertz CT molecular complexity index is 189. The molecule has 0 radical (unpaired) electrons. The summed E-state index contributed by atoms with van der Waals surface area (Å²) in [5.74, 6) is 1.80. The number of amides is 1. The van der Waals surface area contributed by atoms with Crippen molar-refractivity contribution in [2.75, 3.05) is 6.54 Å². The van der Waals surface area contributed by atoms with Gasteiger partial charge in [-0.2, -0.15) is 0 Å². The van der Waals surface area contributed by atoms with Gasteiger partial charge in [0.2, 0.25) is 5.91 Å². The van der Waals surface area contributed by atoms with Crippen LogP contribution in [0.1, 0.15) is 40.5 Å². The second kappa shape index (κ2) is 4.12. The van der Waals surface area contributed by atoms with E-state index in [0.29, 0.717) is 6.04 Å². The first kappa shape index (κ1) is 10.6. The molecule has 1 amide bonds. The Balaban J connectivity index is 2.51. The average Bonchev–Trinajstić information content (AvgIpc) is 2.03. The summed E-state index contributed by atoms with van der Waals surface area (Å²) in [6, 6.07) is 0.443. The Kier molecular flexibility index (Phi) is 3.34. The Hall–Kier alpha value is -0.530. The predicted octanol–water partition coefficient (Wildman–Crippen LogP) is 2.29. The number of carbonyl (C=O) groups excluding carboxylic acids is 1. The second-order valence-electron chi connectivity index (χ2n) is 4.59. The minimum absolute atomic E-state index is 0.231. The Labute approximate surface area is 81.3 Å². The fourth-order valence-electron chi connectivity index (χ4n) is 2.28. The van der Waals surface area contributed by atoms with Crippen molar-refractivity contribution in [1.82, 2.24) is 4.90 Å². The first-order valence-electron chi connectivity index (χ1n) is 5.29. The summed E-state index contributed by atoms with van der Waals surface area (Å²) in [6.07, 6.45) is 2.36. The summed E-state index contributed by atoms with van der Waals surface area (Å²) in [4.78, 5) is 13.2. The van der Waals surface area contributed by atoms with E-state index in [1.54, 1.807) is 6.92 Å². The molecule has 0 bridgehead atoms. The van der Waals surface area contributed by atoms with Crippen molar-refractivity contribution in [1.29, 1.82) is 0 Å². The maximum Gasteiger partial charge on any atom is 0.219 e. The number of rotatable bonds is 1. The van der Waals surface area contributed by atoms with Crippen LogP contribution in [0.25, 0.3) is 0 Å². The van der Waals surface area contributed by atoms with Crippen LogP contribution in [0.5, 0.6) is 0 Å². The predicted molar refractivity (Wildman–Crippen MR) is 54.4 cm³/mol. The standard InChI is InChI=1S/C11H21NO/c1-8(2)11-5-6-12(10(4)13)9(3)7-11/h8-9,11H,5-7H2,1-4H3. The van der Waals surface area contributed by atoms with Gasteiger partial charge in [-0.1, -0.05) is 13.8 Å². The van der Waals surface area contributed by atoms with Gasteiger partial charge in [0.1, 0.15) is 0 Å². The zero-order valence-electron chi connectivity index (χ0n) is 9.21. The summed E-state index contributed by atoms with van der Waals surface area (Å²) >= 11 is 0. The molecule has 1 rings (SSSR count). The summed E-state index contributed by atoms with van der Waals surface area (Å²) < 4.78 is 0. The van der Waals surface area contributed by atoms with Gasteiger partial charge in [0, 0.05) is 19.5 Å². The van der Waals surface area contributed by atoms with E-state index in [9.17, 15) is 4.79 Å². The molecular formula is C11H21NO. The second-order valence-corrected chi connectivity index (χ2v) is 4.59. The summed E-state index contributed by atoms with van der Waals surface area (Å²) in [7, 11) is 0. The molecule has 0 aromatic heterocycles. The molecule has 2 atom stereocenters. The summed E-state index contributed by atoms with van der Waals surface area (Å²) in [5.41, 5.74) is 0. The average molecular weight is 183 g/mol. The van der Waals surface area contributed by atoms with E-state index in [1.165, 1.54) is 12.8 Å². The van der Waals surface area contributed by atoms with Gasteiger partial charge in [-0.15, -0.1) is 0 Å². The Morgan fingerprint density at radius 2 is 2.08 bits per heavy atom. The quantitative estimate of drug-likeness (QED) is 0.611. The summed E-state index contributed by atoms with van der Waals surface area (Å²) in [6.45, 7) is 9.35. The molecule has 1 aliphatic rings. The highest BCUT2D eigenvalue weighted by atomic mass is 16.2. The first-order valence-corrected chi connectivity index (χ1v) is 5.29. The van der Waals surface area contributed by atoms with Gasteiger partial charge in [-0.3, -0.25) is 4.79 Å². The van der Waals surface area contributed by atoms with Crippen LogP contribution >= 0.6 is 0 Å². The highest BCUT2D eigenvalue weighted by molar-refractivity contribution is 5.73. The van der Waals surface area contributed by atoms with E-state index < -0.39 is 0 Å². The maximum atomic E-state index is 11.2. The third kappa shape index (κ3) is 2.45. The Morgan fingerprint density at radius 1 is 1.46 bits per heavy atom. The zero-order chi connectivity index (χ0) is 10.0. The van der Waals surface area contributed by atoms with Crippen molar-refractivity contribution in [3.8, 4) is 0 Å². The van der Waals surface area contributed by atoms with Crippen LogP contribution in [-0.4, -0.2) is 23.4 Å². The van der Waals surface area contributed by atoms with Crippen molar-refractivity contribution in [3.05, 3.63) is 0 Å². The van der Waals surface area contributed by atoms with E-state index in [0.717, 1.165) is 18.4 Å². The monoisotopic (exact) mass is 183 g/mol. The molecule has 1 fully saturated rings. The van der Waals surface area contributed by atoms with Crippen LogP contribution in [0.3, 0.4) is 0 Å². The molecule has 2 nitrogen and oxygen atoms in total. The molecule has 0 aromatic carbocycles. The van der Waals surface area contributed by atoms with Crippen molar-refractivity contribution in [2.45, 2.75) is 46.6 Å². The van der Waals surface area contributed by atoms with Crippen LogP contribution < -0.4 is 0 Å². The number of carbonyl (C=O) groups is 1. The highest BCUT2D eigenvalue weighted by Crippen LogP contribution is 2.28.